The molecule has 2 N–H and O–H groups in total. The van der Waals surface area contributed by atoms with Crippen LogP contribution in [0.4, 0.5) is 0 Å². The third kappa shape index (κ3) is 9.65. The Morgan fingerprint density at radius 2 is 2.15 bits per heavy atom. The van der Waals surface area contributed by atoms with Crippen molar-refractivity contribution < 1.29 is 4.79 Å². The van der Waals surface area contributed by atoms with Gasteiger partial charge < -0.3 is 20.1 Å². The van der Waals surface area contributed by atoms with Crippen LogP contribution in [0.2, 0.25) is 0 Å². The second-order valence-electron chi connectivity index (χ2n) is 7.43. The number of amides is 1. The van der Waals surface area contributed by atoms with Crippen LogP contribution in [-0.4, -0.2) is 75.8 Å². The van der Waals surface area contributed by atoms with Gasteiger partial charge in [-0.1, -0.05) is 6.92 Å². The summed E-state index contributed by atoms with van der Waals surface area (Å²) in [5, 5.41) is 14.4. The van der Waals surface area contributed by atoms with E-state index in [1.54, 1.807) is 6.33 Å². The Balaban J connectivity index is 2.64. The summed E-state index contributed by atoms with van der Waals surface area (Å²) in [6.45, 7) is 10.4. The van der Waals surface area contributed by atoms with Crippen LogP contribution in [0, 0.1) is 0 Å². The Kier molecular flexibility index (Phi) is 10.2. The summed E-state index contributed by atoms with van der Waals surface area (Å²) >= 11 is 1.81. The van der Waals surface area contributed by atoms with Crippen molar-refractivity contribution in [1.29, 1.82) is 0 Å². The molecule has 9 heteroatoms. The Morgan fingerprint density at radius 3 is 2.78 bits per heavy atom. The molecule has 0 aliphatic carbocycles. The number of likely N-dealkylation sites (N-methyl/N-ethyl adjacent to an activating group) is 1. The maximum Gasteiger partial charge on any atom is 0.240 e. The van der Waals surface area contributed by atoms with E-state index in [9.17, 15) is 4.79 Å². The summed E-state index contributed by atoms with van der Waals surface area (Å²) in [5.74, 6) is 2.76. The zero-order valence-corrected chi connectivity index (χ0v) is 18.4. The lowest BCUT2D eigenvalue weighted by molar-refractivity contribution is -0.122. The van der Waals surface area contributed by atoms with Crippen LogP contribution in [0.25, 0.3) is 0 Å². The number of rotatable bonds is 10. The highest BCUT2D eigenvalue weighted by molar-refractivity contribution is 7.98. The smallest absolute Gasteiger partial charge is 0.240 e. The minimum atomic E-state index is -0.244. The van der Waals surface area contributed by atoms with Crippen LogP contribution < -0.4 is 10.6 Å². The van der Waals surface area contributed by atoms with Crippen LogP contribution in [0.1, 0.15) is 39.9 Å². The van der Waals surface area contributed by atoms with Gasteiger partial charge in [0.05, 0.1) is 6.54 Å². The van der Waals surface area contributed by atoms with Crippen molar-refractivity contribution in [3.63, 3.8) is 0 Å². The molecule has 0 aliphatic heterocycles. The SMILES string of the molecule is CCc1nncn1CCNC(=NCCCSC)N(C)CC(=O)NC(C)(C)C. The zero-order valence-electron chi connectivity index (χ0n) is 17.6. The van der Waals surface area contributed by atoms with Gasteiger partial charge in [-0.3, -0.25) is 9.79 Å². The zero-order chi connectivity index (χ0) is 20.3. The third-order valence-corrected chi connectivity index (χ3v) is 4.37. The van der Waals surface area contributed by atoms with E-state index in [4.69, 9.17) is 0 Å². The molecule has 0 fully saturated rings. The average Bonchev–Trinajstić information content (AvgIpc) is 3.02. The number of carbonyl (C=O) groups is 1. The molecule has 0 bridgehead atoms. The lowest BCUT2D eigenvalue weighted by Crippen LogP contribution is -2.49. The molecule has 1 heterocycles. The fourth-order valence-electron chi connectivity index (χ4n) is 2.48. The molecule has 27 heavy (non-hydrogen) atoms. The largest absolute Gasteiger partial charge is 0.354 e. The summed E-state index contributed by atoms with van der Waals surface area (Å²) in [5.41, 5.74) is -0.244. The highest BCUT2D eigenvalue weighted by Crippen LogP contribution is 2.00. The first kappa shape index (κ1) is 23.3. The van der Waals surface area contributed by atoms with Crippen LogP contribution in [0.5, 0.6) is 0 Å². The minimum absolute atomic E-state index is 0.0179. The fraction of sp³-hybridized carbons (Fsp3) is 0.778. The number of carbonyl (C=O) groups excluding carboxylic acids is 1. The quantitative estimate of drug-likeness (QED) is 0.352. The molecule has 0 aromatic carbocycles. The van der Waals surface area contributed by atoms with E-state index in [-0.39, 0.29) is 18.0 Å². The first-order valence-corrected chi connectivity index (χ1v) is 10.8. The monoisotopic (exact) mass is 397 g/mol. The summed E-state index contributed by atoms with van der Waals surface area (Å²) in [4.78, 5) is 18.8. The van der Waals surface area contributed by atoms with Gasteiger partial charge in [-0.2, -0.15) is 11.8 Å². The summed E-state index contributed by atoms with van der Waals surface area (Å²) < 4.78 is 2.03. The van der Waals surface area contributed by atoms with Crippen molar-refractivity contribution >= 4 is 23.6 Å². The average molecular weight is 398 g/mol. The van der Waals surface area contributed by atoms with E-state index in [2.05, 4.69) is 39.0 Å². The van der Waals surface area contributed by atoms with Gasteiger partial charge in [0, 0.05) is 38.6 Å². The van der Waals surface area contributed by atoms with Gasteiger partial charge in [0.2, 0.25) is 5.91 Å². The third-order valence-electron chi connectivity index (χ3n) is 3.67. The second kappa shape index (κ2) is 11.8. The number of aliphatic imine (C=N–C) groups is 1. The Labute approximate surface area is 167 Å². The highest BCUT2D eigenvalue weighted by Gasteiger charge is 2.17. The van der Waals surface area contributed by atoms with Crippen LogP contribution in [0.3, 0.4) is 0 Å². The number of aryl methyl sites for hydroxylation is 1. The number of hydrogen-bond acceptors (Lipinski definition) is 5. The van der Waals surface area contributed by atoms with Gasteiger partial charge in [0.25, 0.3) is 0 Å². The lowest BCUT2D eigenvalue weighted by atomic mass is 10.1. The molecule has 1 amide bonds. The number of thioether (sulfide) groups is 1. The molecule has 0 unspecified atom stereocenters. The normalized spacial score (nSPS) is 12.1. The van der Waals surface area contributed by atoms with Gasteiger partial charge >= 0.3 is 0 Å². The maximum atomic E-state index is 12.2. The second-order valence-corrected chi connectivity index (χ2v) is 8.41. The highest BCUT2D eigenvalue weighted by atomic mass is 32.2. The van der Waals surface area contributed by atoms with Crippen molar-refractivity contribution in [2.75, 3.05) is 38.7 Å². The van der Waals surface area contributed by atoms with Crippen LogP contribution >= 0.6 is 11.8 Å². The molecule has 0 radical (unpaired) electrons. The van der Waals surface area contributed by atoms with E-state index in [1.807, 2.05) is 49.0 Å². The van der Waals surface area contributed by atoms with E-state index in [1.165, 1.54) is 0 Å². The van der Waals surface area contributed by atoms with E-state index in [0.717, 1.165) is 43.5 Å². The Morgan fingerprint density at radius 1 is 1.41 bits per heavy atom. The molecule has 1 rings (SSSR count). The first-order chi connectivity index (χ1) is 12.8. The van der Waals surface area contributed by atoms with Gasteiger partial charge in [0.15, 0.2) is 5.96 Å². The summed E-state index contributed by atoms with van der Waals surface area (Å²) in [6.07, 6.45) is 5.70. The number of nitrogens with one attached hydrogen (secondary N) is 2. The summed E-state index contributed by atoms with van der Waals surface area (Å²) in [7, 11) is 1.89. The predicted octanol–water partition coefficient (Wildman–Crippen LogP) is 1.39. The van der Waals surface area contributed by atoms with E-state index < -0.39 is 0 Å². The number of nitrogens with zero attached hydrogens (tertiary/aromatic N) is 5. The van der Waals surface area contributed by atoms with Crippen LogP contribution in [-0.2, 0) is 17.8 Å². The number of guanidine groups is 1. The Bertz CT molecular complexity index is 595. The lowest BCUT2D eigenvalue weighted by Gasteiger charge is -2.25. The number of hydrogen-bond donors (Lipinski definition) is 2. The van der Waals surface area contributed by atoms with Crippen molar-refractivity contribution in [2.24, 2.45) is 4.99 Å². The Hall–Kier alpha value is -1.77. The van der Waals surface area contributed by atoms with Gasteiger partial charge in [-0.05, 0) is 39.2 Å². The van der Waals surface area contributed by atoms with Crippen molar-refractivity contribution in [2.45, 2.75) is 52.6 Å². The molecule has 0 saturated heterocycles. The molecule has 0 aliphatic rings. The van der Waals surface area contributed by atoms with Crippen molar-refractivity contribution in [3.05, 3.63) is 12.2 Å². The molecular weight excluding hydrogens is 362 g/mol. The fourth-order valence-corrected chi connectivity index (χ4v) is 2.90. The van der Waals surface area contributed by atoms with E-state index >= 15 is 0 Å². The molecule has 0 saturated carbocycles. The first-order valence-electron chi connectivity index (χ1n) is 9.43. The van der Waals surface area contributed by atoms with Gasteiger partial charge in [-0.15, -0.1) is 10.2 Å². The molecule has 0 atom stereocenters. The number of aromatic nitrogens is 3. The minimum Gasteiger partial charge on any atom is -0.354 e. The van der Waals surface area contributed by atoms with Gasteiger partial charge in [-0.25, -0.2) is 0 Å². The molecule has 154 valence electrons. The maximum absolute atomic E-state index is 12.2. The van der Waals surface area contributed by atoms with Crippen molar-refractivity contribution in [1.82, 2.24) is 30.3 Å². The standard InChI is InChI=1S/C18H35N7OS/c1-7-15-23-21-14-25(15)11-10-20-17(19-9-8-12-27-6)24(5)13-16(26)22-18(2,3)4/h14H,7-13H2,1-6H3,(H,19,20)(H,22,26). The molecular formula is C18H35N7OS. The summed E-state index contributed by atoms with van der Waals surface area (Å²) in [6, 6.07) is 0. The molecule has 1 aromatic rings. The predicted molar refractivity (Wildman–Crippen MR) is 113 cm³/mol. The van der Waals surface area contributed by atoms with E-state index in [0.29, 0.717) is 6.54 Å². The molecule has 0 spiro atoms. The van der Waals surface area contributed by atoms with Crippen LogP contribution in [0.15, 0.2) is 11.3 Å². The molecule has 1 aromatic heterocycles. The van der Waals surface area contributed by atoms with Gasteiger partial charge in [0.1, 0.15) is 12.2 Å². The molecule has 8 nitrogen and oxygen atoms in total. The topological polar surface area (TPSA) is 87.4 Å². The van der Waals surface area contributed by atoms with Crippen molar-refractivity contribution in [3.8, 4) is 0 Å².